The summed E-state index contributed by atoms with van der Waals surface area (Å²) >= 11 is 0. The van der Waals surface area contributed by atoms with E-state index in [1.54, 1.807) is 13.4 Å². The summed E-state index contributed by atoms with van der Waals surface area (Å²) in [6, 6.07) is 4.21. The van der Waals surface area contributed by atoms with Crippen molar-refractivity contribution in [1.82, 2.24) is 5.32 Å². The lowest BCUT2D eigenvalue weighted by Crippen LogP contribution is -2.31. The molecule has 0 aliphatic carbocycles. The Morgan fingerprint density at radius 1 is 1.56 bits per heavy atom. The van der Waals surface area contributed by atoms with Gasteiger partial charge in [-0.2, -0.15) is 0 Å². The Morgan fingerprint density at radius 3 is 3.00 bits per heavy atom. The van der Waals surface area contributed by atoms with E-state index in [4.69, 9.17) is 9.15 Å². The molecule has 0 fully saturated rings. The number of aliphatic hydroxyl groups excluding tert-OH is 1. The normalized spacial score (nSPS) is 14.9. The van der Waals surface area contributed by atoms with Crippen LogP contribution in [-0.2, 0) is 11.2 Å². The highest BCUT2D eigenvalue weighted by Gasteiger charge is 2.07. The van der Waals surface area contributed by atoms with Gasteiger partial charge in [0.25, 0.3) is 0 Å². The van der Waals surface area contributed by atoms with Crippen molar-refractivity contribution in [2.45, 2.75) is 31.9 Å². The molecule has 0 saturated heterocycles. The number of methoxy groups -OCH3 is 1. The lowest BCUT2D eigenvalue weighted by molar-refractivity contribution is 0.0590. The maximum atomic E-state index is 9.44. The topological polar surface area (TPSA) is 54.6 Å². The zero-order valence-electron chi connectivity index (χ0n) is 9.98. The van der Waals surface area contributed by atoms with Gasteiger partial charge in [-0.05, 0) is 32.0 Å². The first-order valence-electron chi connectivity index (χ1n) is 5.65. The van der Waals surface area contributed by atoms with E-state index in [1.165, 1.54) is 0 Å². The van der Waals surface area contributed by atoms with Crippen LogP contribution in [0.4, 0.5) is 0 Å². The number of furan rings is 1. The summed E-state index contributed by atoms with van der Waals surface area (Å²) in [7, 11) is 1.59. The van der Waals surface area contributed by atoms with E-state index in [-0.39, 0.29) is 6.10 Å². The predicted octanol–water partition coefficient (Wildman–Crippen LogP) is 1.20. The van der Waals surface area contributed by atoms with Gasteiger partial charge in [-0.25, -0.2) is 0 Å². The molecule has 1 aromatic rings. The molecule has 1 aromatic heterocycles. The van der Waals surface area contributed by atoms with Crippen molar-refractivity contribution in [2.24, 2.45) is 0 Å². The van der Waals surface area contributed by atoms with Crippen LogP contribution in [0, 0.1) is 0 Å². The van der Waals surface area contributed by atoms with Crippen molar-refractivity contribution in [2.75, 3.05) is 20.3 Å². The van der Waals surface area contributed by atoms with Crippen LogP contribution in [0.1, 0.15) is 19.1 Å². The van der Waals surface area contributed by atoms with E-state index in [1.807, 2.05) is 12.1 Å². The summed E-state index contributed by atoms with van der Waals surface area (Å²) in [5.41, 5.74) is 0. The van der Waals surface area contributed by atoms with E-state index in [9.17, 15) is 5.11 Å². The van der Waals surface area contributed by atoms with Crippen LogP contribution in [0.25, 0.3) is 0 Å². The third kappa shape index (κ3) is 5.30. The summed E-state index contributed by atoms with van der Waals surface area (Å²) in [6.45, 7) is 3.28. The Hall–Kier alpha value is -0.840. The molecule has 1 rings (SSSR count). The van der Waals surface area contributed by atoms with E-state index in [0.717, 1.165) is 18.7 Å². The quantitative estimate of drug-likeness (QED) is 0.700. The Balaban J connectivity index is 2.08. The first-order chi connectivity index (χ1) is 7.72. The minimum absolute atomic E-state index is 0.348. The smallest absolute Gasteiger partial charge is 0.105 e. The third-order valence-corrected chi connectivity index (χ3v) is 2.42. The molecule has 0 saturated carbocycles. The molecule has 2 atom stereocenters. The molecule has 0 aliphatic heterocycles. The summed E-state index contributed by atoms with van der Waals surface area (Å²) in [5.74, 6) is 0.984. The van der Waals surface area contributed by atoms with Gasteiger partial charge in [0.1, 0.15) is 5.76 Å². The van der Waals surface area contributed by atoms with Crippen LogP contribution in [0.15, 0.2) is 22.8 Å². The molecule has 0 aliphatic rings. The Kier molecular flexibility index (Phi) is 6.15. The van der Waals surface area contributed by atoms with Gasteiger partial charge in [-0.15, -0.1) is 0 Å². The van der Waals surface area contributed by atoms with Gasteiger partial charge in [0.05, 0.1) is 19.0 Å². The molecule has 0 bridgehead atoms. The van der Waals surface area contributed by atoms with E-state index < -0.39 is 0 Å². The molecule has 2 unspecified atom stereocenters. The lowest BCUT2D eigenvalue weighted by Gasteiger charge is -2.14. The van der Waals surface area contributed by atoms with Gasteiger partial charge in [-0.1, -0.05) is 0 Å². The van der Waals surface area contributed by atoms with E-state index >= 15 is 0 Å². The number of nitrogens with one attached hydrogen (secondary N) is 1. The van der Waals surface area contributed by atoms with Gasteiger partial charge < -0.3 is 19.6 Å². The van der Waals surface area contributed by atoms with E-state index in [0.29, 0.717) is 19.1 Å². The maximum Gasteiger partial charge on any atom is 0.105 e. The molecule has 0 aromatic carbocycles. The number of rotatable bonds is 8. The summed E-state index contributed by atoms with van der Waals surface area (Å²) < 4.78 is 10.1. The highest BCUT2D eigenvalue weighted by molar-refractivity contribution is 4.99. The molecule has 0 spiro atoms. The van der Waals surface area contributed by atoms with Crippen molar-refractivity contribution in [3.8, 4) is 0 Å². The van der Waals surface area contributed by atoms with Crippen LogP contribution >= 0.6 is 0 Å². The Labute approximate surface area is 96.6 Å². The molecule has 4 heteroatoms. The number of aliphatic hydroxyl groups is 1. The first-order valence-corrected chi connectivity index (χ1v) is 5.65. The van der Waals surface area contributed by atoms with Crippen LogP contribution in [0.3, 0.4) is 0 Å². The molecule has 1 heterocycles. The third-order valence-electron chi connectivity index (χ3n) is 2.42. The fourth-order valence-electron chi connectivity index (χ4n) is 1.57. The van der Waals surface area contributed by atoms with Gasteiger partial charge in [0, 0.05) is 19.6 Å². The highest BCUT2D eigenvalue weighted by atomic mass is 16.5. The molecule has 0 radical (unpaired) electrons. The number of hydrogen-bond donors (Lipinski definition) is 2. The second-order valence-electron chi connectivity index (χ2n) is 4.04. The predicted molar refractivity (Wildman–Crippen MR) is 62.4 cm³/mol. The largest absolute Gasteiger partial charge is 0.469 e. The zero-order valence-corrected chi connectivity index (χ0v) is 9.98. The average Bonchev–Trinajstić information content (AvgIpc) is 2.70. The molecule has 0 amide bonds. The summed E-state index contributed by atoms with van der Waals surface area (Å²) in [5, 5.41) is 12.8. The molecular weight excluding hydrogens is 206 g/mol. The SMILES string of the molecule is COCC(O)CCNC(C)Cc1ccco1. The Morgan fingerprint density at radius 2 is 2.38 bits per heavy atom. The molecule has 16 heavy (non-hydrogen) atoms. The lowest BCUT2D eigenvalue weighted by atomic mass is 10.2. The minimum Gasteiger partial charge on any atom is -0.469 e. The van der Waals surface area contributed by atoms with Crippen molar-refractivity contribution < 1.29 is 14.3 Å². The molecule has 4 nitrogen and oxygen atoms in total. The van der Waals surface area contributed by atoms with Gasteiger partial charge in [0.15, 0.2) is 0 Å². The highest BCUT2D eigenvalue weighted by Crippen LogP contribution is 2.03. The minimum atomic E-state index is -0.381. The average molecular weight is 227 g/mol. The second-order valence-corrected chi connectivity index (χ2v) is 4.04. The van der Waals surface area contributed by atoms with Crippen molar-refractivity contribution in [1.29, 1.82) is 0 Å². The van der Waals surface area contributed by atoms with Gasteiger partial charge in [-0.3, -0.25) is 0 Å². The molecular formula is C12H21NO3. The zero-order chi connectivity index (χ0) is 11.8. The van der Waals surface area contributed by atoms with Crippen LogP contribution in [0.2, 0.25) is 0 Å². The second kappa shape index (κ2) is 7.44. The van der Waals surface area contributed by atoms with Crippen LogP contribution < -0.4 is 5.32 Å². The monoisotopic (exact) mass is 227 g/mol. The maximum absolute atomic E-state index is 9.44. The van der Waals surface area contributed by atoms with E-state index in [2.05, 4.69) is 12.2 Å². The Bertz CT molecular complexity index is 261. The fraction of sp³-hybridized carbons (Fsp3) is 0.667. The fourth-order valence-corrected chi connectivity index (χ4v) is 1.57. The van der Waals surface area contributed by atoms with Gasteiger partial charge >= 0.3 is 0 Å². The molecule has 2 N–H and O–H groups in total. The van der Waals surface area contributed by atoms with Crippen molar-refractivity contribution >= 4 is 0 Å². The summed E-state index contributed by atoms with van der Waals surface area (Å²) in [4.78, 5) is 0. The van der Waals surface area contributed by atoms with Crippen molar-refractivity contribution in [3.63, 3.8) is 0 Å². The number of ether oxygens (including phenoxy) is 1. The number of hydrogen-bond acceptors (Lipinski definition) is 4. The molecule has 92 valence electrons. The van der Waals surface area contributed by atoms with Gasteiger partial charge in [0.2, 0.25) is 0 Å². The summed E-state index contributed by atoms with van der Waals surface area (Å²) in [6.07, 6.45) is 2.88. The van der Waals surface area contributed by atoms with Crippen LogP contribution in [0.5, 0.6) is 0 Å². The first kappa shape index (κ1) is 13.2. The standard InChI is InChI=1S/C12H21NO3/c1-10(8-12-4-3-7-16-12)13-6-5-11(14)9-15-2/h3-4,7,10-11,13-14H,5-6,8-9H2,1-2H3. The van der Waals surface area contributed by atoms with Crippen molar-refractivity contribution in [3.05, 3.63) is 24.2 Å². The van der Waals surface area contributed by atoms with Crippen LogP contribution in [-0.4, -0.2) is 37.5 Å².